The lowest BCUT2D eigenvalue weighted by Crippen LogP contribution is -2.24. The topological polar surface area (TPSA) is 56.2 Å². The molecular weight excluding hydrogens is 412 g/mol. The molecule has 0 radical (unpaired) electrons. The van der Waals surface area contributed by atoms with Gasteiger partial charge in [-0.15, -0.1) is 0 Å². The van der Waals surface area contributed by atoms with Crippen LogP contribution in [0.25, 0.3) is 11.3 Å². The fraction of sp³-hybridized carbons (Fsp3) is 0.120. The van der Waals surface area contributed by atoms with Gasteiger partial charge in [0, 0.05) is 66.6 Å². The summed E-state index contributed by atoms with van der Waals surface area (Å²) in [6, 6.07) is 14.0. The normalized spacial score (nSPS) is 10.8. The fourth-order valence-electron chi connectivity index (χ4n) is 3.32. The predicted octanol–water partition coefficient (Wildman–Crippen LogP) is 5.40. The number of rotatable bonds is 6. The number of aryl methyl sites for hydroxylation is 1. The van der Waals surface area contributed by atoms with Crippen molar-refractivity contribution in [2.24, 2.45) is 7.05 Å². The molecule has 4 rings (SSSR count). The van der Waals surface area contributed by atoms with Crippen LogP contribution in [0.1, 0.15) is 21.5 Å². The number of benzene rings is 2. The maximum absolute atomic E-state index is 13.8. The summed E-state index contributed by atoms with van der Waals surface area (Å²) in [6.07, 6.45) is 5.57. The van der Waals surface area contributed by atoms with Gasteiger partial charge in [-0.1, -0.05) is 12.1 Å². The van der Waals surface area contributed by atoms with Gasteiger partial charge < -0.3 is 14.6 Å². The van der Waals surface area contributed by atoms with E-state index in [-0.39, 0.29) is 18.0 Å². The van der Waals surface area contributed by atoms with Crippen LogP contribution in [0, 0.1) is 18.6 Å². The first kappa shape index (κ1) is 21.2. The van der Waals surface area contributed by atoms with Crippen LogP contribution < -0.4 is 10.1 Å². The van der Waals surface area contributed by atoms with Gasteiger partial charge in [-0.2, -0.15) is 0 Å². The highest BCUT2D eigenvalue weighted by atomic mass is 19.1. The van der Waals surface area contributed by atoms with Crippen molar-refractivity contribution in [3.05, 3.63) is 102 Å². The second-order valence-electron chi connectivity index (χ2n) is 7.39. The average Bonchev–Trinajstić information content (AvgIpc) is 3.21. The van der Waals surface area contributed by atoms with Crippen LogP contribution in [0.3, 0.4) is 0 Å². The van der Waals surface area contributed by atoms with Gasteiger partial charge in [0.2, 0.25) is 0 Å². The Morgan fingerprint density at radius 2 is 1.97 bits per heavy atom. The zero-order valence-electron chi connectivity index (χ0n) is 17.6. The Kier molecular flexibility index (Phi) is 5.98. The number of hydrogen-bond donors (Lipinski definition) is 1. The molecule has 7 heteroatoms. The summed E-state index contributed by atoms with van der Waals surface area (Å²) in [5.74, 6) is -0.629. The number of carbonyl (C=O) groups is 1. The first-order valence-corrected chi connectivity index (χ1v) is 9.98. The molecule has 0 atom stereocenters. The largest absolute Gasteiger partial charge is 0.457 e. The SMILES string of the molecule is Cc1c(Oc2ccnc(-c3ccn(C)c3)c2)cccc1C(=O)NCc1ccc(F)cc1F. The molecule has 0 saturated heterocycles. The van der Waals surface area contributed by atoms with Gasteiger partial charge in [0.05, 0.1) is 5.69 Å². The molecule has 2 heterocycles. The molecule has 2 aromatic heterocycles. The first-order chi connectivity index (χ1) is 15.4. The summed E-state index contributed by atoms with van der Waals surface area (Å²) in [4.78, 5) is 17.1. The minimum Gasteiger partial charge on any atom is -0.457 e. The summed E-state index contributed by atoms with van der Waals surface area (Å²) >= 11 is 0. The number of carbonyl (C=O) groups excluding carboxylic acids is 1. The van der Waals surface area contributed by atoms with Crippen molar-refractivity contribution < 1.29 is 18.3 Å². The van der Waals surface area contributed by atoms with Crippen LogP contribution in [0.2, 0.25) is 0 Å². The van der Waals surface area contributed by atoms with E-state index in [0.717, 1.165) is 23.4 Å². The van der Waals surface area contributed by atoms with Crippen LogP contribution in [0.4, 0.5) is 8.78 Å². The molecule has 2 aromatic carbocycles. The second-order valence-corrected chi connectivity index (χ2v) is 7.39. The van der Waals surface area contributed by atoms with Crippen molar-refractivity contribution >= 4 is 5.91 Å². The molecule has 0 spiro atoms. The number of amides is 1. The molecule has 0 fully saturated rings. The van der Waals surface area contributed by atoms with E-state index in [9.17, 15) is 13.6 Å². The predicted molar refractivity (Wildman–Crippen MR) is 117 cm³/mol. The lowest BCUT2D eigenvalue weighted by Gasteiger charge is -2.13. The molecule has 0 aliphatic carbocycles. The Morgan fingerprint density at radius 3 is 2.72 bits per heavy atom. The Hall–Kier alpha value is -4.00. The van der Waals surface area contributed by atoms with Crippen molar-refractivity contribution in [1.29, 1.82) is 0 Å². The van der Waals surface area contributed by atoms with Gasteiger partial charge in [0.1, 0.15) is 23.1 Å². The van der Waals surface area contributed by atoms with Gasteiger partial charge in [-0.3, -0.25) is 9.78 Å². The molecule has 0 bridgehead atoms. The molecule has 4 aromatic rings. The Bertz CT molecular complexity index is 1280. The quantitative estimate of drug-likeness (QED) is 0.443. The van der Waals surface area contributed by atoms with E-state index < -0.39 is 11.6 Å². The Morgan fingerprint density at radius 1 is 1.12 bits per heavy atom. The van der Waals surface area contributed by atoms with Crippen LogP contribution in [-0.2, 0) is 13.6 Å². The molecule has 1 N–H and O–H groups in total. The molecule has 0 aliphatic rings. The van der Waals surface area contributed by atoms with Gasteiger partial charge >= 0.3 is 0 Å². The zero-order chi connectivity index (χ0) is 22.7. The van der Waals surface area contributed by atoms with E-state index >= 15 is 0 Å². The van der Waals surface area contributed by atoms with Gasteiger partial charge in [-0.05, 0) is 37.3 Å². The van der Waals surface area contributed by atoms with Gasteiger partial charge in [-0.25, -0.2) is 8.78 Å². The van der Waals surface area contributed by atoms with Crippen LogP contribution >= 0.6 is 0 Å². The standard InChI is InChI=1S/C25H21F2N3O2/c1-16-21(25(31)29-14-17-6-7-19(26)12-22(17)27)4-3-5-24(16)32-20-8-10-28-23(13-20)18-9-11-30(2)15-18/h3-13,15H,14H2,1-2H3,(H,29,31). The molecule has 0 saturated carbocycles. The fourth-order valence-corrected chi connectivity index (χ4v) is 3.32. The van der Waals surface area contributed by atoms with Gasteiger partial charge in [0.25, 0.3) is 5.91 Å². The van der Waals surface area contributed by atoms with Crippen molar-refractivity contribution in [3.8, 4) is 22.8 Å². The minimum absolute atomic E-state index is 0.0553. The highest BCUT2D eigenvalue weighted by molar-refractivity contribution is 5.96. The number of halogens is 2. The molecule has 162 valence electrons. The highest BCUT2D eigenvalue weighted by Crippen LogP contribution is 2.29. The lowest BCUT2D eigenvalue weighted by atomic mass is 10.1. The third kappa shape index (κ3) is 4.67. The number of aromatic nitrogens is 2. The molecule has 5 nitrogen and oxygen atoms in total. The lowest BCUT2D eigenvalue weighted by molar-refractivity contribution is 0.0949. The Balaban J connectivity index is 1.50. The average molecular weight is 433 g/mol. The molecule has 32 heavy (non-hydrogen) atoms. The summed E-state index contributed by atoms with van der Waals surface area (Å²) < 4.78 is 34.9. The second kappa shape index (κ2) is 9.01. The van der Waals surface area contributed by atoms with Crippen LogP contribution in [0.5, 0.6) is 11.5 Å². The highest BCUT2D eigenvalue weighted by Gasteiger charge is 2.14. The third-order valence-corrected chi connectivity index (χ3v) is 5.07. The number of nitrogens with zero attached hydrogens (tertiary/aromatic N) is 2. The first-order valence-electron chi connectivity index (χ1n) is 9.98. The number of ether oxygens (including phenoxy) is 1. The summed E-state index contributed by atoms with van der Waals surface area (Å²) in [5.41, 5.74) is 2.99. The number of nitrogens with one attached hydrogen (secondary N) is 1. The molecule has 1 amide bonds. The van der Waals surface area contributed by atoms with E-state index in [0.29, 0.717) is 22.6 Å². The van der Waals surface area contributed by atoms with Crippen molar-refractivity contribution in [2.75, 3.05) is 0 Å². The molecule has 0 aliphatic heterocycles. The smallest absolute Gasteiger partial charge is 0.251 e. The monoisotopic (exact) mass is 433 g/mol. The summed E-state index contributed by atoms with van der Waals surface area (Å²) in [7, 11) is 1.94. The number of pyridine rings is 1. The minimum atomic E-state index is -0.703. The molecular formula is C25H21F2N3O2. The summed E-state index contributed by atoms with van der Waals surface area (Å²) in [5, 5.41) is 2.67. The zero-order valence-corrected chi connectivity index (χ0v) is 17.6. The maximum atomic E-state index is 13.8. The maximum Gasteiger partial charge on any atom is 0.251 e. The van der Waals surface area contributed by atoms with E-state index in [2.05, 4.69) is 10.3 Å². The Labute approximate surface area is 184 Å². The van der Waals surface area contributed by atoms with Crippen molar-refractivity contribution in [3.63, 3.8) is 0 Å². The van der Waals surface area contributed by atoms with Crippen molar-refractivity contribution in [2.45, 2.75) is 13.5 Å². The van der Waals surface area contributed by atoms with Crippen LogP contribution in [0.15, 0.2) is 73.2 Å². The van der Waals surface area contributed by atoms with E-state index in [1.165, 1.54) is 6.07 Å². The summed E-state index contributed by atoms with van der Waals surface area (Å²) in [6.45, 7) is 1.72. The molecule has 0 unspecified atom stereocenters. The van der Waals surface area contributed by atoms with E-state index in [1.54, 1.807) is 37.4 Å². The van der Waals surface area contributed by atoms with Crippen LogP contribution in [-0.4, -0.2) is 15.5 Å². The van der Waals surface area contributed by atoms with E-state index in [4.69, 9.17) is 4.74 Å². The van der Waals surface area contributed by atoms with E-state index in [1.807, 2.05) is 36.1 Å². The van der Waals surface area contributed by atoms with Gasteiger partial charge in [0.15, 0.2) is 0 Å². The van der Waals surface area contributed by atoms with Crippen molar-refractivity contribution in [1.82, 2.24) is 14.9 Å². The third-order valence-electron chi connectivity index (χ3n) is 5.07. The number of hydrogen-bond acceptors (Lipinski definition) is 3.